The molecule has 1 aromatic heterocycles. The maximum atomic E-state index is 13.9. The minimum atomic E-state index is -0.261. The summed E-state index contributed by atoms with van der Waals surface area (Å²) in [6.45, 7) is 7.81. The lowest BCUT2D eigenvalue weighted by Gasteiger charge is -2.24. The highest BCUT2D eigenvalue weighted by Gasteiger charge is 2.38. The highest BCUT2D eigenvalue weighted by Crippen LogP contribution is 2.50. The number of hydrogen-bond acceptors (Lipinski definition) is 5. The second kappa shape index (κ2) is 11.6. The summed E-state index contributed by atoms with van der Waals surface area (Å²) < 4.78 is 7.63. The third-order valence-corrected chi connectivity index (χ3v) is 8.13. The van der Waals surface area contributed by atoms with Gasteiger partial charge in [-0.05, 0) is 45.4 Å². The van der Waals surface area contributed by atoms with Gasteiger partial charge in [0, 0.05) is 22.7 Å². The number of fused-ring (bicyclic) bond motifs is 1. The minimum absolute atomic E-state index is 0.0473. The Hall–Kier alpha value is -4.04. The molecule has 8 heteroatoms. The summed E-state index contributed by atoms with van der Waals surface area (Å²) >= 11 is 1.53. The van der Waals surface area contributed by atoms with Gasteiger partial charge in [0.25, 0.3) is 0 Å². The molecular formula is C32H34N4O3S. The average molecular weight is 555 g/mol. The molecule has 4 aromatic rings. The zero-order valence-corrected chi connectivity index (χ0v) is 24.3. The number of methoxy groups -OCH3 is 1. The van der Waals surface area contributed by atoms with Gasteiger partial charge in [-0.1, -0.05) is 66.2 Å². The molecule has 0 spiro atoms. The third-order valence-electron chi connectivity index (χ3n) is 6.89. The van der Waals surface area contributed by atoms with E-state index in [0.717, 1.165) is 44.9 Å². The van der Waals surface area contributed by atoms with Gasteiger partial charge in [-0.15, -0.1) is 11.8 Å². The van der Waals surface area contributed by atoms with Crippen LogP contribution in [0.4, 0.5) is 5.82 Å². The molecule has 206 valence electrons. The summed E-state index contributed by atoms with van der Waals surface area (Å²) in [6.07, 6.45) is 0. The Bertz CT molecular complexity index is 1550. The van der Waals surface area contributed by atoms with Crippen molar-refractivity contribution in [3.8, 4) is 22.7 Å². The van der Waals surface area contributed by atoms with Gasteiger partial charge < -0.3 is 10.1 Å². The van der Waals surface area contributed by atoms with E-state index in [4.69, 9.17) is 9.84 Å². The number of nitrogens with one attached hydrogen (secondary N) is 1. The van der Waals surface area contributed by atoms with Crippen molar-refractivity contribution in [1.29, 1.82) is 0 Å². The van der Waals surface area contributed by atoms with Crippen LogP contribution in [0, 0.1) is 13.8 Å². The van der Waals surface area contributed by atoms with Gasteiger partial charge in [0.1, 0.15) is 18.1 Å². The van der Waals surface area contributed by atoms with Crippen molar-refractivity contribution in [1.82, 2.24) is 15.1 Å². The van der Waals surface area contributed by atoms with Gasteiger partial charge in [0.15, 0.2) is 0 Å². The number of aromatic nitrogens is 2. The van der Waals surface area contributed by atoms with Crippen molar-refractivity contribution in [2.45, 2.75) is 39.0 Å². The molecule has 0 bridgehead atoms. The average Bonchev–Trinajstić information content (AvgIpc) is 3.25. The molecule has 2 amide bonds. The van der Waals surface area contributed by atoms with E-state index in [-0.39, 0.29) is 35.4 Å². The van der Waals surface area contributed by atoms with Crippen LogP contribution in [-0.4, -0.2) is 47.0 Å². The zero-order valence-electron chi connectivity index (χ0n) is 23.5. The van der Waals surface area contributed by atoms with Crippen molar-refractivity contribution in [2.75, 3.05) is 24.3 Å². The summed E-state index contributed by atoms with van der Waals surface area (Å²) in [5.41, 5.74) is 6.55. The molecule has 0 unspecified atom stereocenters. The van der Waals surface area contributed by atoms with Crippen molar-refractivity contribution in [3.05, 3.63) is 95.1 Å². The van der Waals surface area contributed by atoms with Gasteiger partial charge in [0.2, 0.25) is 11.8 Å². The Morgan fingerprint density at radius 1 is 1.07 bits per heavy atom. The summed E-state index contributed by atoms with van der Waals surface area (Å²) in [5, 5.41) is 7.87. The summed E-state index contributed by atoms with van der Waals surface area (Å²) in [6, 6.07) is 24.0. The van der Waals surface area contributed by atoms with E-state index in [9.17, 15) is 9.59 Å². The fourth-order valence-corrected chi connectivity index (χ4v) is 6.40. The number of carbonyl (C=O) groups excluding carboxylic acids is 2. The number of benzene rings is 3. The molecule has 0 radical (unpaired) electrons. The van der Waals surface area contributed by atoms with Gasteiger partial charge in [-0.25, -0.2) is 4.68 Å². The van der Waals surface area contributed by atoms with Gasteiger partial charge in [0.05, 0.1) is 29.5 Å². The van der Waals surface area contributed by atoms with Crippen LogP contribution in [0.5, 0.6) is 5.75 Å². The molecule has 2 heterocycles. The first-order valence-electron chi connectivity index (χ1n) is 13.4. The molecule has 0 aliphatic carbocycles. The van der Waals surface area contributed by atoms with Crippen molar-refractivity contribution < 1.29 is 14.3 Å². The van der Waals surface area contributed by atoms with Crippen LogP contribution in [0.25, 0.3) is 16.9 Å². The largest absolute Gasteiger partial charge is 0.496 e. The Morgan fingerprint density at radius 3 is 2.50 bits per heavy atom. The number of ether oxygens (including phenoxy) is 1. The number of carbonyl (C=O) groups is 2. The lowest BCUT2D eigenvalue weighted by atomic mass is 9.99. The number of thioether (sulfide) groups is 1. The number of para-hydroxylation sites is 1. The maximum absolute atomic E-state index is 13.9. The molecule has 7 nitrogen and oxygen atoms in total. The molecule has 1 atom stereocenters. The first kappa shape index (κ1) is 27.5. The zero-order chi connectivity index (χ0) is 28.4. The molecule has 0 saturated heterocycles. The van der Waals surface area contributed by atoms with Crippen LogP contribution < -0.4 is 15.0 Å². The van der Waals surface area contributed by atoms with Gasteiger partial charge >= 0.3 is 0 Å². The number of nitrogens with zero attached hydrogens (tertiary/aromatic N) is 3. The SMILES string of the molecule is COc1ccccc1[C@H]1SCC(=O)N(CC(=O)NC(C)C)c2c1c(-c1ccccc1)nn2-c1ccc(C)cc1C. The monoisotopic (exact) mass is 554 g/mol. The number of amides is 2. The molecule has 1 aliphatic rings. The minimum Gasteiger partial charge on any atom is -0.496 e. The lowest BCUT2D eigenvalue weighted by Crippen LogP contribution is -2.44. The second-order valence-electron chi connectivity index (χ2n) is 10.3. The van der Waals surface area contributed by atoms with Gasteiger partial charge in [-0.3, -0.25) is 14.5 Å². The summed E-state index contributed by atoms with van der Waals surface area (Å²) in [5.74, 6) is 1.18. The number of hydrogen-bond donors (Lipinski definition) is 1. The molecular weight excluding hydrogens is 520 g/mol. The predicted molar refractivity (Wildman–Crippen MR) is 161 cm³/mol. The van der Waals surface area contributed by atoms with Crippen LogP contribution in [0.2, 0.25) is 0 Å². The Kier molecular flexibility index (Phi) is 7.98. The maximum Gasteiger partial charge on any atom is 0.240 e. The van der Waals surface area contributed by atoms with Crippen molar-refractivity contribution in [2.24, 2.45) is 0 Å². The molecule has 0 fully saturated rings. The highest BCUT2D eigenvalue weighted by molar-refractivity contribution is 8.00. The van der Waals surface area contributed by atoms with Gasteiger partial charge in [-0.2, -0.15) is 5.10 Å². The summed E-state index contributed by atoms with van der Waals surface area (Å²) in [7, 11) is 1.66. The van der Waals surface area contributed by atoms with Crippen LogP contribution in [0.3, 0.4) is 0 Å². The van der Waals surface area contributed by atoms with E-state index in [2.05, 4.69) is 18.3 Å². The summed E-state index contributed by atoms with van der Waals surface area (Å²) in [4.78, 5) is 28.6. The highest BCUT2D eigenvalue weighted by atomic mass is 32.2. The number of rotatable bonds is 7. The van der Waals surface area contributed by atoms with E-state index in [0.29, 0.717) is 5.82 Å². The molecule has 5 rings (SSSR count). The number of aryl methyl sites for hydroxylation is 2. The molecule has 1 aliphatic heterocycles. The lowest BCUT2D eigenvalue weighted by molar-refractivity contribution is -0.123. The standard InChI is InChI=1S/C32H34N4O3S/c1-20(2)33-27(37)18-35-28(38)19-40-31(24-13-9-10-14-26(24)39-5)29-30(23-11-7-6-8-12-23)34-36(32(29)35)25-16-15-21(3)17-22(25)4/h6-17,20,31H,18-19H2,1-5H3,(H,33,37)/t31-/m1/s1. The smallest absolute Gasteiger partial charge is 0.240 e. The van der Waals surface area contributed by atoms with Crippen LogP contribution >= 0.6 is 11.8 Å². The van der Waals surface area contributed by atoms with E-state index in [1.807, 2.05) is 92.2 Å². The first-order chi connectivity index (χ1) is 19.3. The fourth-order valence-electron chi connectivity index (χ4n) is 5.18. The van der Waals surface area contributed by atoms with E-state index in [1.54, 1.807) is 12.0 Å². The van der Waals surface area contributed by atoms with Crippen molar-refractivity contribution >= 4 is 29.4 Å². The molecule has 40 heavy (non-hydrogen) atoms. The Morgan fingerprint density at radius 2 is 1.80 bits per heavy atom. The molecule has 1 N–H and O–H groups in total. The second-order valence-corrected chi connectivity index (χ2v) is 11.4. The first-order valence-corrected chi connectivity index (χ1v) is 14.4. The topological polar surface area (TPSA) is 76.5 Å². The molecule has 0 saturated carbocycles. The Balaban J connectivity index is 1.84. The van der Waals surface area contributed by atoms with Crippen LogP contribution in [-0.2, 0) is 9.59 Å². The van der Waals surface area contributed by atoms with Crippen LogP contribution in [0.15, 0.2) is 72.8 Å². The number of anilines is 1. The molecule has 3 aromatic carbocycles. The van der Waals surface area contributed by atoms with Crippen LogP contribution in [0.1, 0.15) is 41.4 Å². The third kappa shape index (κ3) is 5.36. The Labute approximate surface area is 239 Å². The fraction of sp³-hybridized carbons (Fsp3) is 0.281. The van der Waals surface area contributed by atoms with Crippen molar-refractivity contribution in [3.63, 3.8) is 0 Å². The van der Waals surface area contributed by atoms with E-state index >= 15 is 0 Å². The van der Waals surface area contributed by atoms with E-state index < -0.39 is 0 Å². The van der Waals surface area contributed by atoms with E-state index in [1.165, 1.54) is 11.8 Å². The normalized spacial score (nSPS) is 15.1. The predicted octanol–water partition coefficient (Wildman–Crippen LogP) is 5.86. The quantitative estimate of drug-likeness (QED) is 0.310.